The molecule has 0 aliphatic heterocycles. The van der Waals surface area contributed by atoms with Crippen molar-refractivity contribution in [2.75, 3.05) is 34.8 Å². The van der Waals surface area contributed by atoms with E-state index in [1.165, 1.54) is 17.0 Å². The topological polar surface area (TPSA) is 85.1 Å². The first kappa shape index (κ1) is 21.2. The maximum absolute atomic E-state index is 11.8. The molecule has 1 amide bonds. The van der Waals surface area contributed by atoms with E-state index in [0.717, 1.165) is 5.56 Å². The summed E-state index contributed by atoms with van der Waals surface area (Å²) in [6, 6.07) is 13.5. The van der Waals surface area contributed by atoms with Gasteiger partial charge < -0.3 is 19.3 Å². The number of hydrogen-bond acceptors (Lipinski definition) is 6. The van der Waals surface area contributed by atoms with Crippen LogP contribution in [0.15, 0.2) is 48.5 Å². The molecule has 0 radical (unpaired) electrons. The van der Waals surface area contributed by atoms with E-state index >= 15 is 0 Å². The Labute approximate surface area is 164 Å². The van der Waals surface area contributed by atoms with Gasteiger partial charge in [0.2, 0.25) is 0 Å². The number of nitro groups is 1. The van der Waals surface area contributed by atoms with E-state index in [2.05, 4.69) is 4.90 Å². The van der Waals surface area contributed by atoms with Crippen LogP contribution in [0.2, 0.25) is 0 Å². The van der Waals surface area contributed by atoms with Crippen molar-refractivity contribution in [3.8, 4) is 11.5 Å². The molecule has 0 bridgehead atoms. The Kier molecular flexibility index (Phi) is 7.34. The number of ether oxygens (including phenoxy) is 2. The standard InChI is InChI=1S/C20H25N3O5/c1-21(2)19(12-13-27-17-10-8-16(9-11-17)23(25)26)15-6-5-7-18(14-15)28-20(24)22(3)4/h5-11,14,19H,12-13H2,1-4H3/t19-/m0/s1. The molecule has 8 nitrogen and oxygen atoms in total. The summed E-state index contributed by atoms with van der Waals surface area (Å²) in [6.45, 7) is 0.433. The molecule has 0 aromatic heterocycles. The van der Waals surface area contributed by atoms with Gasteiger partial charge in [-0.15, -0.1) is 0 Å². The van der Waals surface area contributed by atoms with Crippen LogP contribution in [0.3, 0.4) is 0 Å². The van der Waals surface area contributed by atoms with Crippen LogP contribution < -0.4 is 9.47 Å². The molecule has 150 valence electrons. The summed E-state index contributed by atoms with van der Waals surface area (Å²) in [4.78, 5) is 25.4. The van der Waals surface area contributed by atoms with Crippen LogP contribution in [0.25, 0.3) is 0 Å². The lowest BCUT2D eigenvalue weighted by Crippen LogP contribution is -2.25. The Morgan fingerprint density at radius 1 is 1.07 bits per heavy atom. The van der Waals surface area contributed by atoms with Crippen molar-refractivity contribution in [2.24, 2.45) is 0 Å². The van der Waals surface area contributed by atoms with Crippen molar-refractivity contribution in [1.82, 2.24) is 9.80 Å². The van der Waals surface area contributed by atoms with Crippen LogP contribution in [0, 0.1) is 10.1 Å². The molecule has 0 unspecified atom stereocenters. The Hall–Kier alpha value is -3.13. The van der Waals surface area contributed by atoms with Gasteiger partial charge in [0.05, 0.1) is 11.5 Å². The highest BCUT2D eigenvalue weighted by atomic mass is 16.6. The van der Waals surface area contributed by atoms with E-state index < -0.39 is 11.0 Å². The first-order chi connectivity index (χ1) is 13.3. The Morgan fingerprint density at radius 3 is 2.32 bits per heavy atom. The van der Waals surface area contributed by atoms with Crippen LogP contribution >= 0.6 is 0 Å². The quantitative estimate of drug-likeness (QED) is 0.507. The average Bonchev–Trinajstić information content (AvgIpc) is 2.65. The number of carbonyl (C=O) groups excluding carboxylic acids is 1. The monoisotopic (exact) mass is 387 g/mol. The van der Waals surface area contributed by atoms with Crippen molar-refractivity contribution in [3.63, 3.8) is 0 Å². The second kappa shape index (κ2) is 9.70. The van der Waals surface area contributed by atoms with E-state index in [9.17, 15) is 14.9 Å². The van der Waals surface area contributed by atoms with E-state index in [4.69, 9.17) is 9.47 Å². The molecule has 0 fully saturated rings. The third-order valence-corrected chi connectivity index (χ3v) is 4.14. The van der Waals surface area contributed by atoms with E-state index in [1.54, 1.807) is 32.3 Å². The molecule has 0 heterocycles. The fourth-order valence-corrected chi connectivity index (χ4v) is 2.65. The van der Waals surface area contributed by atoms with Gasteiger partial charge in [0.1, 0.15) is 11.5 Å². The zero-order valence-corrected chi connectivity index (χ0v) is 16.5. The average molecular weight is 387 g/mol. The predicted molar refractivity (Wildman–Crippen MR) is 106 cm³/mol. The van der Waals surface area contributed by atoms with Gasteiger partial charge in [-0.2, -0.15) is 0 Å². The fraction of sp³-hybridized carbons (Fsp3) is 0.350. The maximum atomic E-state index is 11.8. The molecule has 0 aliphatic rings. The molecule has 1 atom stereocenters. The van der Waals surface area contributed by atoms with Crippen LogP contribution in [-0.4, -0.2) is 55.6 Å². The lowest BCUT2D eigenvalue weighted by atomic mass is 10.0. The number of hydrogen-bond donors (Lipinski definition) is 0. The summed E-state index contributed by atoms with van der Waals surface area (Å²) in [5.74, 6) is 1.07. The van der Waals surface area contributed by atoms with E-state index in [-0.39, 0.29) is 11.7 Å². The van der Waals surface area contributed by atoms with Gasteiger partial charge in [-0.25, -0.2) is 4.79 Å². The minimum absolute atomic E-state index is 0.0302. The van der Waals surface area contributed by atoms with Gasteiger partial charge in [0, 0.05) is 38.7 Å². The van der Waals surface area contributed by atoms with Gasteiger partial charge in [0.15, 0.2) is 0 Å². The van der Waals surface area contributed by atoms with Gasteiger partial charge in [-0.05, 0) is 43.9 Å². The number of nitrogens with zero attached hydrogens (tertiary/aromatic N) is 3. The molecule has 0 saturated heterocycles. The second-order valence-electron chi connectivity index (χ2n) is 6.70. The zero-order chi connectivity index (χ0) is 20.7. The molecular weight excluding hydrogens is 362 g/mol. The van der Waals surface area contributed by atoms with Gasteiger partial charge in [0.25, 0.3) is 5.69 Å². The van der Waals surface area contributed by atoms with Gasteiger partial charge in [-0.3, -0.25) is 10.1 Å². The third kappa shape index (κ3) is 5.95. The summed E-state index contributed by atoms with van der Waals surface area (Å²) in [6.07, 6.45) is 0.259. The van der Waals surface area contributed by atoms with Crippen LogP contribution in [-0.2, 0) is 0 Å². The molecule has 2 aromatic carbocycles. The Balaban J connectivity index is 2.01. The van der Waals surface area contributed by atoms with Crippen molar-refractivity contribution in [3.05, 3.63) is 64.2 Å². The second-order valence-corrected chi connectivity index (χ2v) is 6.70. The number of benzene rings is 2. The molecule has 0 aliphatic carbocycles. The van der Waals surface area contributed by atoms with E-state index in [1.807, 2.05) is 32.3 Å². The Bertz CT molecular complexity index is 806. The van der Waals surface area contributed by atoms with Crippen molar-refractivity contribution in [2.45, 2.75) is 12.5 Å². The molecule has 2 aromatic rings. The highest BCUT2D eigenvalue weighted by Gasteiger charge is 2.16. The highest BCUT2D eigenvalue weighted by molar-refractivity contribution is 5.70. The number of nitro benzene ring substituents is 1. The molecule has 2 rings (SSSR count). The SMILES string of the molecule is CN(C)C(=O)Oc1cccc([C@H](CCOc2ccc([N+](=O)[O-])cc2)N(C)C)c1. The lowest BCUT2D eigenvalue weighted by molar-refractivity contribution is -0.384. The first-order valence-electron chi connectivity index (χ1n) is 8.80. The summed E-state index contributed by atoms with van der Waals surface area (Å²) in [5, 5.41) is 10.7. The summed E-state index contributed by atoms with van der Waals surface area (Å²) in [7, 11) is 7.19. The van der Waals surface area contributed by atoms with Crippen LogP contribution in [0.5, 0.6) is 11.5 Å². The van der Waals surface area contributed by atoms with Crippen LogP contribution in [0.1, 0.15) is 18.0 Å². The fourth-order valence-electron chi connectivity index (χ4n) is 2.65. The normalized spacial score (nSPS) is 11.8. The zero-order valence-electron chi connectivity index (χ0n) is 16.5. The lowest BCUT2D eigenvalue weighted by Gasteiger charge is -2.25. The minimum atomic E-state index is -0.443. The van der Waals surface area contributed by atoms with Crippen LogP contribution in [0.4, 0.5) is 10.5 Å². The molecule has 0 saturated carbocycles. The van der Waals surface area contributed by atoms with Gasteiger partial charge >= 0.3 is 6.09 Å². The summed E-state index contributed by atoms with van der Waals surface area (Å²) in [5.41, 5.74) is 1.03. The largest absolute Gasteiger partial charge is 0.494 e. The minimum Gasteiger partial charge on any atom is -0.494 e. The number of carbonyl (C=O) groups is 1. The van der Waals surface area contributed by atoms with Gasteiger partial charge in [-0.1, -0.05) is 12.1 Å². The first-order valence-corrected chi connectivity index (χ1v) is 8.80. The maximum Gasteiger partial charge on any atom is 0.414 e. The predicted octanol–water partition coefficient (Wildman–Crippen LogP) is 3.73. The molecular formula is C20H25N3O5. The molecule has 28 heavy (non-hydrogen) atoms. The number of rotatable bonds is 8. The summed E-state index contributed by atoms with van der Waals surface area (Å²) < 4.78 is 11.1. The van der Waals surface area contributed by atoms with E-state index in [0.29, 0.717) is 24.5 Å². The smallest absolute Gasteiger partial charge is 0.414 e. The molecule has 8 heteroatoms. The Morgan fingerprint density at radius 2 is 1.75 bits per heavy atom. The third-order valence-electron chi connectivity index (χ3n) is 4.14. The molecule has 0 N–H and O–H groups in total. The van der Waals surface area contributed by atoms with Crippen molar-refractivity contribution in [1.29, 1.82) is 0 Å². The number of non-ortho nitro benzene ring substituents is 1. The van der Waals surface area contributed by atoms with Crippen molar-refractivity contribution >= 4 is 11.8 Å². The molecule has 0 spiro atoms. The van der Waals surface area contributed by atoms with Crippen molar-refractivity contribution < 1.29 is 19.2 Å². The summed E-state index contributed by atoms with van der Waals surface area (Å²) >= 11 is 0. The highest BCUT2D eigenvalue weighted by Crippen LogP contribution is 2.26. The number of amides is 1.